The zero-order valence-electron chi connectivity index (χ0n) is 18.8. The molecule has 2 aromatic carbocycles. The minimum atomic E-state index is -0.428. The van der Waals surface area contributed by atoms with Crippen LogP contribution in [0.1, 0.15) is 36.1 Å². The molecule has 1 atom stereocenters. The lowest BCUT2D eigenvalue weighted by molar-refractivity contribution is -0.113. The first-order valence-corrected chi connectivity index (χ1v) is 12.3. The van der Waals surface area contributed by atoms with Gasteiger partial charge in [0.15, 0.2) is 11.0 Å². The van der Waals surface area contributed by atoms with Crippen LogP contribution < -0.4 is 10.6 Å². The Bertz CT molecular complexity index is 1180. The number of anilines is 1. The molecule has 0 aliphatic rings. The summed E-state index contributed by atoms with van der Waals surface area (Å²) in [5.41, 5.74) is 0.931. The Morgan fingerprint density at radius 3 is 2.41 bits per heavy atom. The van der Waals surface area contributed by atoms with Crippen molar-refractivity contribution in [2.24, 2.45) is 5.92 Å². The number of benzene rings is 2. The molecule has 3 aromatic rings. The second kappa shape index (κ2) is 12.1. The van der Waals surface area contributed by atoms with E-state index in [-0.39, 0.29) is 23.5 Å². The van der Waals surface area contributed by atoms with Crippen molar-refractivity contribution >= 4 is 52.5 Å². The number of nitrogens with one attached hydrogen (secondary N) is 2. The van der Waals surface area contributed by atoms with E-state index in [1.165, 1.54) is 11.8 Å². The van der Waals surface area contributed by atoms with Crippen molar-refractivity contribution in [3.8, 4) is 0 Å². The van der Waals surface area contributed by atoms with Crippen molar-refractivity contribution in [1.82, 2.24) is 20.1 Å². The third-order valence-corrected chi connectivity index (χ3v) is 6.51. The van der Waals surface area contributed by atoms with Crippen molar-refractivity contribution in [1.29, 1.82) is 0 Å². The zero-order chi connectivity index (χ0) is 24.7. The highest BCUT2D eigenvalue weighted by Gasteiger charge is 2.27. The monoisotopic (exact) mass is 517 g/mol. The second-order valence-electron chi connectivity index (χ2n) is 7.73. The third-order valence-electron chi connectivity index (χ3n) is 4.89. The van der Waals surface area contributed by atoms with E-state index in [1.54, 1.807) is 54.6 Å². The highest BCUT2D eigenvalue weighted by Crippen LogP contribution is 2.27. The van der Waals surface area contributed by atoms with E-state index < -0.39 is 6.04 Å². The average molecular weight is 518 g/mol. The van der Waals surface area contributed by atoms with E-state index in [0.717, 1.165) is 0 Å². The van der Waals surface area contributed by atoms with E-state index in [0.29, 0.717) is 38.8 Å². The predicted octanol–water partition coefficient (Wildman–Crippen LogP) is 5.63. The predicted molar refractivity (Wildman–Crippen MR) is 138 cm³/mol. The first-order valence-electron chi connectivity index (χ1n) is 10.6. The fourth-order valence-electron chi connectivity index (χ4n) is 3.21. The van der Waals surface area contributed by atoms with Crippen LogP contribution in [0.5, 0.6) is 0 Å². The summed E-state index contributed by atoms with van der Waals surface area (Å²) in [4.78, 5) is 25.4. The second-order valence-corrected chi connectivity index (χ2v) is 9.49. The number of thioether (sulfide) groups is 1. The number of rotatable bonds is 10. The van der Waals surface area contributed by atoms with Crippen LogP contribution in [0.2, 0.25) is 10.0 Å². The SMILES string of the molecule is C=CCn1c(SCC(=O)Nc2ccccc2Cl)nnc1C(NC(=O)c1ccccc1Cl)C(C)C. The Kier molecular flexibility index (Phi) is 9.15. The number of nitrogens with zero attached hydrogens (tertiary/aromatic N) is 3. The van der Waals surface area contributed by atoms with Gasteiger partial charge in [0.05, 0.1) is 33.1 Å². The lowest BCUT2D eigenvalue weighted by atomic mass is 10.0. The topological polar surface area (TPSA) is 88.9 Å². The summed E-state index contributed by atoms with van der Waals surface area (Å²) in [6.07, 6.45) is 1.72. The Morgan fingerprint density at radius 1 is 1.09 bits per heavy atom. The Morgan fingerprint density at radius 2 is 1.76 bits per heavy atom. The van der Waals surface area contributed by atoms with Gasteiger partial charge in [-0.25, -0.2) is 0 Å². The molecule has 0 aliphatic heterocycles. The summed E-state index contributed by atoms with van der Waals surface area (Å²) in [6.45, 7) is 8.20. The molecule has 2 amide bonds. The number of halogens is 2. The minimum Gasteiger partial charge on any atom is -0.342 e. The fourth-order valence-corrected chi connectivity index (χ4v) is 4.37. The standard InChI is InChI=1S/C24H25Cl2N5O2S/c1-4-13-31-22(21(15(2)3)28-23(33)16-9-5-6-10-17(16)25)29-30-24(31)34-14-20(32)27-19-12-8-7-11-18(19)26/h4-12,15,21H,1,13-14H2,2-3H3,(H,27,32)(H,28,33). The summed E-state index contributed by atoms with van der Waals surface area (Å²) in [5.74, 6) is 0.176. The summed E-state index contributed by atoms with van der Waals surface area (Å²) in [7, 11) is 0. The smallest absolute Gasteiger partial charge is 0.253 e. The number of aromatic nitrogens is 3. The van der Waals surface area contributed by atoms with Crippen molar-refractivity contribution in [2.75, 3.05) is 11.1 Å². The molecular weight excluding hydrogens is 493 g/mol. The van der Waals surface area contributed by atoms with Gasteiger partial charge in [0, 0.05) is 6.54 Å². The summed E-state index contributed by atoms with van der Waals surface area (Å²) >= 11 is 13.5. The molecule has 0 aliphatic carbocycles. The molecule has 0 radical (unpaired) electrons. The van der Waals surface area contributed by atoms with Crippen LogP contribution in [0.15, 0.2) is 66.3 Å². The molecule has 3 rings (SSSR count). The van der Waals surface area contributed by atoms with Gasteiger partial charge in [-0.05, 0) is 30.2 Å². The van der Waals surface area contributed by atoms with E-state index in [2.05, 4.69) is 27.4 Å². The van der Waals surface area contributed by atoms with Crippen LogP contribution in [0, 0.1) is 5.92 Å². The normalized spacial score (nSPS) is 11.8. The third kappa shape index (κ3) is 6.40. The Labute approximate surface area is 212 Å². The van der Waals surface area contributed by atoms with Crippen molar-refractivity contribution in [2.45, 2.75) is 31.6 Å². The van der Waals surface area contributed by atoms with Crippen molar-refractivity contribution in [3.63, 3.8) is 0 Å². The maximum atomic E-state index is 12.9. The van der Waals surface area contributed by atoms with E-state index in [9.17, 15) is 9.59 Å². The first kappa shape index (κ1) is 25.8. The molecule has 0 saturated heterocycles. The molecule has 0 fully saturated rings. The average Bonchev–Trinajstić information content (AvgIpc) is 3.20. The molecule has 1 aromatic heterocycles. The van der Waals surface area contributed by atoms with Gasteiger partial charge in [-0.3, -0.25) is 9.59 Å². The van der Waals surface area contributed by atoms with Crippen molar-refractivity contribution < 1.29 is 9.59 Å². The Hall–Kier alpha value is -2.81. The lowest BCUT2D eigenvalue weighted by Gasteiger charge is -2.23. The molecule has 10 heteroatoms. The van der Waals surface area contributed by atoms with E-state index in [4.69, 9.17) is 23.2 Å². The maximum Gasteiger partial charge on any atom is 0.253 e. The van der Waals surface area contributed by atoms with Crippen LogP contribution in [0.25, 0.3) is 0 Å². The fraction of sp³-hybridized carbons (Fsp3) is 0.250. The van der Waals surface area contributed by atoms with Crippen LogP contribution in [0.4, 0.5) is 5.69 Å². The molecule has 7 nitrogen and oxygen atoms in total. The number of amides is 2. The van der Waals surface area contributed by atoms with Gasteiger partial charge in [0.25, 0.3) is 5.91 Å². The van der Waals surface area contributed by atoms with Crippen LogP contribution >= 0.6 is 35.0 Å². The van der Waals surface area contributed by atoms with Gasteiger partial charge in [-0.1, -0.05) is 79.2 Å². The number of hydrogen-bond acceptors (Lipinski definition) is 5. The van der Waals surface area contributed by atoms with Crippen LogP contribution in [-0.4, -0.2) is 32.3 Å². The van der Waals surface area contributed by atoms with E-state index >= 15 is 0 Å². The molecule has 0 bridgehead atoms. The molecular formula is C24H25Cl2N5O2S. The molecule has 0 spiro atoms. The van der Waals surface area contributed by atoms with Gasteiger partial charge in [-0.2, -0.15) is 0 Å². The van der Waals surface area contributed by atoms with E-state index in [1.807, 2.05) is 18.4 Å². The number of carbonyl (C=O) groups excluding carboxylic acids is 2. The van der Waals surface area contributed by atoms with Gasteiger partial charge in [-0.15, -0.1) is 16.8 Å². The van der Waals surface area contributed by atoms with Crippen LogP contribution in [-0.2, 0) is 11.3 Å². The largest absolute Gasteiger partial charge is 0.342 e. The van der Waals surface area contributed by atoms with Gasteiger partial charge in [0.1, 0.15) is 0 Å². The molecule has 0 saturated carbocycles. The number of carbonyl (C=O) groups is 2. The zero-order valence-corrected chi connectivity index (χ0v) is 21.1. The Balaban J connectivity index is 1.77. The van der Waals surface area contributed by atoms with Gasteiger partial charge >= 0.3 is 0 Å². The highest BCUT2D eigenvalue weighted by atomic mass is 35.5. The summed E-state index contributed by atoms with van der Waals surface area (Å²) in [6, 6.07) is 13.5. The number of para-hydroxylation sites is 1. The number of hydrogen-bond donors (Lipinski definition) is 2. The maximum absolute atomic E-state index is 12.9. The highest BCUT2D eigenvalue weighted by molar-refractivity contribution is 7.99. The quantitative estimate of drug-likeness (QED) is 0.268. The molecule has 2 N–H and O–H groups in total. The number of allylic oxidation sites excluding steroid dienone is 1. The first-order chi connectivity index (χ1) is 16.3. The minimum absolute atomic E-state index is 0.0144. The van der Waals surface area contributed by atoms with Crippen LogP contribution in [0.3, 0.4) is 0 Å². The molecule has 178 valence electrons. The summed E-state index contributed by atoms with van der Waals surface area (Å²) in [5, 5.41) is 15.8. The van der Waals surface area contributed by atoms with Gasteiger partial charge < -0.3 is 15.2 Å². The molecule has 1 unspecified atom stereocenters. The van der Waals surface area contributed by atoms with Gasteiger partial charge in [0.2, 0.25) is 5.91 Å². The molecule has 1 heterocycles. The summed E-state index contributed by atoms with van der Waals surface area (Å²) < 4.78 is 1.85. The van der Waals surface area contributed by atoms with Crippen molar-refractivity contribution in [3.05, 3.63) is 82.6 Å². The lowest BCUT2D eigenvalue weighted by Crippen LogP contribution is -2.34. The molecule has 34 heavy (non-hydrogen) atoms.